The summed E-state index contributed by atoms with van der Waals surface area (Å²) >= 11 is 10.8. The van der Waals surface area contributed by atoms with E-state index in [9.17, 15) is 0 Å². The van der Waals surface area contributed by atoms with Crippen LogP contribution in [0.1, 0.15) is 5.56 Å². The SMILES string of the molecule is S=C(Cl)N1CCN(Cc2ccccc2)CC1. The molecule has 1 aliphatic rings. The lowest BCUT2D eigenvalue weighted by molar-refractivity contribution is 0.178. The summed E-state index contributed by atoms with van der Waals surface area (Å²) in [5.74, 6) is 0. The Kier molecular flexibility index (Phi) is 4.16. The molecular weight excluding hydrogens is 240 g/mol. The minimum absolute atomic E-state index is 0.499. The molecule has 2 nitrogen and oxygen atoms in total. The van der Waals surface area contributed by atoms with E-state index in [1.165, 1.54) is 5.56 Å². The Morgan fingerprint density at radius 1 is 1.12 bits per heavy atom. The van der Waals surface area contributed by atoms with Crippen molar-refractivity contribution in [2.45, 2.75) is 6.54 Å². The molecule has 0 bridgehead atoms. The van der Waals surface area contributed by atoms with Gasteiger partial charge in [0.2, 0.25) is 0 Å². The van der Waals surface area contributed by atoms with E-state index < -0.39 is 0 Å². The number of halogens is 1. The van der Waals surface area contributed by atoms with Crippen LogP contribution >= 0.6 is 23.8 Å². The highest BCUT2D eigenvalue weighted by Gasteiger charge is 2.17. The van der Waals surface area contributed by atoms with Crippen molar-refractivity contribution < 1.29 is 0 Å². The first-order valence-electron chi connectivity index (χ1n) is 5.46. The molecule has 86 valence electrons. The topological polar surface area (TPSA) is 6.48 Å². The molecule has 0 aromatic heterocycles. The van der Waals surface area contributed by atoms with Crippen molar-refractivity contribution in [3.63, 3.8) is 0 Å². The van der Waals surface area contributed by atoms with Gasteiger partial charge in [0.1, 0.15) is 0 Å². The van der Waals surface area contributed by atoms with Crippen molar-refractivity contribution in [1.82, 2.24) is 9.80 Å². The molecule has 1 heterocycles. The Hall–Kier alpha value is -0.640. The maximum Gasteiger partial charge on any atom is 0.170 e. The summed E-state index contributed by atoms with van der Waals surface area (Å²) in [6.07, 6.45) is 0. The molecule has 1 aromatic rings. The van der Waals surface area contributed by atoms with Crippen molar-refractivity contribution >= 4 is 28.3 Å². The van der Waals surface area contributed by atoms with Crippen LogP contribution < -0.4 is 0 Å². The second kappa shape index (κ2) is 5.62. The average molecular weight is 255 g/mol. The third-order valence-electron chi connectivity index (χ3n) is 2.87. The van der Waals surface area contributed by atoms with Gasteiger partial charge in [0.25, 0.3) is 0 Å². The summed E-state index contributed by atoms with van der Waals surface area (Å²) in [7, 11) is 0. The van der Waals surface area contributed by atoms with Crippen molar-refractivity contribution in [3.05, 3.63) is 35.9 Å². The van der Waals surface area contributed by atoms with Gasteiger partial charge in [-0.3, -0.25) is 4.90 Å². The first kappa shape index (κ1) is 11.8. The third kappa shape index (κ3) is 3.17. The van der Waals surface area contributed by atoms with Crippen LogP contribution in [0.25, 0.3) is 0 Å². The second-order valence-electron chi connectivity index (χ2n) is 4.00. The van der Waals surface area contributed by atoms with Gasteiger partial charge < -0.3 is 4.90 Å². The molecule has 1 aliphatic heterocycles. The van der Waals surface area contributed by atoms with Crippen LogP contribution in [0.2, 0.25) is 0 Å². The first-order chi connectivity index (χ1) is 7.75. The normalized spacial score (nSPS) is 17.4. The van der Waals surface area contributed by atoms with Gasteiger partial charge in [-0.2, -0.15) is 0 Å². The molecule has 2 rings (SSSR count). The number of benzene rings is 1. The number of thiocarbonyl (C=S) groups is 1. The van der Waals surface area contributed by atoms with E-state index >= 15 is 0 Å². The van der Waals surface area contributed by atoms with Gasteiger partial charge in [-0.15, -0.1) is 0 Å². The largest absolute Gasteiger partial charge is 0.351 e. The van der Waals surface area contributed by atoms with Gasteiger partial charge >= 0.3 is 0 Å². The van der Waals surface area contributed by atoms with Crippen molar-refractivity contribution in [1.29, 1.82) is 0 Å². The highest BCUT2D eigenvalue weighted by Crippen LogP contribution is 2.09. The summed E-state index contributed by atoms with van der Waals surface area (Å²) < 4.78 is 0.499. The van der Waals surface area contributed by atoms with Gasteiger partial charge in [0, 0.05) is 32.7 Å². The number of piperazine rings is 1. The van der Waals surface area contributed by atoms with Crippen LogP contribution in [0, 0.1) is 0 Å². The number of nitrogens with zero attached hydrogens (tertiary/aromatic N) is 2. The number of hydrogen-bond donors (Lipinski definition) is 0. The van der Waals surface area contributed by atoms with Gasteiger partial charge in [-0.05, 0) is 17.8 Å². The van der Waals surface area contributed by atoms with Gasteiger partial charge in [-0.25, -0.2) is 0 Å². The minimum atomic E-state index is 0.499. The van der Waals surface area contributed by atoms with Crippen molar-refractivity contribution in [3.8, 4) is 0 Å². The lowest BCUT2D eigenvalue weighted by Crippen LogP contribution is -2.46. The van der Waals surface area contributed by atoms with Gasteiger partial charge in [-0.1, -0.05) is 41.9 Å². The summed E-state index contributed by atoms with van der Waals surface area (Å²) in [4.78, 5) is 4.49. The summed E-state index contributed by atoms with van der Waals surface area (Å²) in [5, 5.41) is 0. The zero-order chi connectivity index (χ0) is 11.4. The standard InChI is InChI=1S/C12H15ClN2S/c13-12(16)15-8-6-14(7-9-15)10-11-4-2-1-3-5-11/h1-5H,6-10H2. The van der Waals surface area contributed by atoms with Crippen molar-refractivity contribution in [2.24, 2.45) is 0 Å². The van der Waals surface area contributed by atoms with Crippen LogP contribution in [-0.4, -0.2) is 40.4 Å². The molecule has 4 heteroatoms. The zero-order valence-corrected chi connectivity index (χ0v) is 10.7. The predicted molar refractivity (Wildman–Crippen MR) is 71.7 cm³/mol. The fraction of sp³-hybridized carbons (Fsp3) is 0.417. The Morgan fingerprint density at radius 3 is 2.31 bits per heavy atom. The number of rotatable bonds is 2. The lowest BCUT2D eigenvalue weighted by atomic mass is 10.2. The molecule has 0 N–H and O–H groups in total. The molecule has 1 aromatic carbocycles. The highest BCUT2D eigenvalue weighted by atomic mass is 35.5. The van der Waals surface area contributed by atoms with E-state index in [1.54, 1.807) is 0 Å². The molecule has 0 amide bonds. The maximum absolute atomic E-state index is 5.80. The Balaban J connectivity index is 1.84. The monoisotopic (exact) mass is 254 g/mol. The maximum atomic E-state index is 5.80. The van der Waals surface area contributed by atoms with Gasteiger partial charge in [0.15, 0.2) is 4.45 Å². The Labute approximate surface area is 107 Å². The van der Waals surface area contributed by atoms with Crippen LogP contribution in [-0.2, 0) is 6.54 Å². The fourth-order valence-corrected chi connectivity index (χ4v) is 2.28. The van der Waals surface area contributed by atoms with E-state index in [0.717, 1.165) is 32.7 Å². The fourth-order valence-electron chi connectivity index (χ4n) is 1.92. The molecule has 16 heavy (non-hydrogen) atoms. The molecule has 1 saturated heterocycles. The molecule has 0 aliphatic carbocycles. The quantitative estimate of drug-likeness (QED) is 0.454. The first-order valence-corrected chi connectivity index (χ1v) is 6.25. The second-order valence-corrected chi connectivity index (χ2v) is 4.97. The van der Waals surface area contributed by atoms with E-state index in [4.69, 9.17) is 23.8 Å². The Bertz CT molecular complexity index is 347. The molecular formula is C12H15ClN2S. The summed E-state index contributed by atoms with van der Waals surface area (Å²) in [6.45, 7) is 4.96. The number of hydrogen-bond acceptors (Lipinski definition) is 2. The van der Waals surface area contributed by atoms with E-state index in [-0.39, 0.29) is 0 Å². The molecule has 1 fully saturated rings. The highest BCUT2D eigenvalue weighted by molar-refractivity contribution is 7.83. The molecule has 0 spiro atoms. The van der Waals surface area contributed by atoms with E-state index in [1.807, 2.05) is 6.07 Å². The van der Waals surface area contributed by atoms with E-state index in [2.05, 4.69) is 34.1 Å². The predicted octanol–water partition coefficient (Wildman–Crippen LogP) is 2.33. The minimum Gasteiger partial charge on any atom is -0.351 e. The van der Waals surface area contributed by atoms with Gasteiger partial charge in [0.05, 0.1) is 0 Å². The van der Waals surface area contributed by atoms with Crippen molar-refractivity contribution in [2.75, 3.05) is 26.2 Å². The van der Waals surface area contributed by atoms with Crippen LogP contribution in [0.5, 0.6) is 0 Å². The van der Waals surface area contributed by atoms with Crippen LogP contribution in [0.15, 0.2) is 30.3 Å². The van der Waals surface area contributed by atoms with Crippen LogP contribution in [0.4, 0.5) is 0 Å². The molecule has 0 unspecified atom stereocenters. The average Bonchev–Trinajstić information content (AvgIpc) is 2.31. The molecule has 0 radical (unpaired) electrons. The lowest BCUT2D eigenvalue weighted by Gasteiger charge is -2.34. The zero-order valence-electron chi connectivity index (χ0n) is 9.10. The smallest absolute Gasteiger partial charge is 0.170 e. The Morgan fingerprint density at radius 2 is 1.75 bits per heavy atom. The molecule has 0 atom stereocenters. The third-order valence-corrected chi connectivity index (χ3v) is 3.37. The van der Waals surface area contributed by atoms with E-state index in [0.29, 0.717) is 4.45 Å². The summed E-state index contributed by atoms with van der Waals surface area (Å²) in [6, 6.07) is 10.5. The summed E-state index contributed by atoms with van der Waals surface area (Å²) in [5.41, 5.74) is 1.37. The molecule has 0 saturated carbocycles. The van der Waals surface area contributed by atoms with Crippen LogP contribution in [0.3, 0.4) is 0 Å².